The number of nitrogens with zero attached hydrogens (tertiary/aromatic N) is 1. The zero-order chi connectivity index (χ0) is 21.3. The fraction of sp³-hybridized carbons (Fsp3) is 0.381. The molecule has 158 valence electrons. The van der Waals surface area contributed by atoms with Crippen LogP contribution in [0.15, 0.2) is 53.6 Å². The van der Waals surface area contributed by atoms with E-state index in [0.29, 0.717) is 18.8 Å². The highest BCUT2D eigenvalue weighted by Crippen LogP contribution is 2.53. The van der Waals surface area contributed by atoms with Crippen molar-refractivity contribution >= 4 is 29.7 Å². The Bertz CT molecular complexity index is 898. The molecule has 4 rings (SSSR count). The third-order valence-corrected chi connectivity index (χ3v) is 6.51. The highest BCUT2D eigenvalue weighted by molar-refractivity contribution is 8.04. The highest BCUT2D eigenvalue weighted by atomic mass is 32.2. The number of hydrogen-bond acceptors (Lipinski definition) is 7. The van der Waals surface area contributed by atoms with E-state index in [4.69, 9.17) is 14.2 Å². The van der Waals surface area contributed by atoms with E-state index < -0.39 is 18.2 Å². The Morgan fingerprint density at radius 1 is 1.40 bits per heavy atom. The molecule has 1 N–H and O–H groups in total. The highest BCUT2D eigenvalue weighted by Gasteiger charge is 2.60. The molecule has 2 amide bonds. The molecule has 9 heteroatoms. The molecule has 0 aliphatic carbocycles. The molecule has 3 aliphatic rings. The molecule has 8 nitrogen and oxygen atoms in total. The number of β-lactam (4-membered cyclic amide) rings is 1. The van der Waals surface area contributed by atoms with E-state index in [9.17, 15) is 14.4 Å². The SMILES string of the molecule is C=CCOC(=O)O[C@H](C)[C@H]1C(=O)N2C(C(=O)NCc3ccccc3)=C(C3CO3)S[C@@H]12. The van der Waals surface area contributed by atoms with Crippen LogP contribution >= 0.6 is 11.8 Å². The molecule has 0 bridgehead atoms. The second-order valence-electron chi connectivity index (χ2n) is 7.12. The van der Waals surface area contributed by atoms with E-state index in [0.717, 1.165) is 10.5 Å². The summed E-state index contributed by atoms with van der Waals surface area (Å²) in [5, 5.41) is 2.58. The summed E-state index contributed by atoms with van der Waals surface area (Å²) in [4.78, 5) is 39.7. The number of nitrogens with one attached hydrogen (secondary N) is 1. The zero-order valence-corrected chi connectivity index (χ0v) is 17.2. The normalized spacial score (nSPS) is 25.2. The van der Waals surface area contributed by atoms with Gasteiger partial charge >= 0.3 is 6.16 Å². The van der Waals surface area contributed by atoms with Crippen LogP contribution < -0.4 is 5.32 Å². The van der Waals surface area contributed by atoms with E-state index >= 15 is 0 Å². The molecule has 4 atom stereocenters. The molecule has 3 heterocycles. The molecule has 2 saturated heterocycles. The standard InChI is InChI=1S/C21H22N2O6S/c1-3-9-27-21(26)29-12(2)15-19(25)23-16(17(14-11-28-14)30-20(15)23)18(24)22-10-13-7-5-4-6-8-13/h3-8,12,14-15,20H,1,9-11H2,2H3,(H,22,24)/t12-,14?,15+,20+/m1/s1. The second-order valence-corrected chi connectivity index (χ2v) is 8.28. The maximum Gasteiger partial charge on any atom is 0.508 e. The number of amides is 2. The van der Waals surface area contributed by atoms with E-state index in [-0.39, 0.29) is 29.9 Å². The van der Waals surface area contributed by atoms with Gasteiger partial charge in [-0.1, -0.05) is 54.7 Å². The zero-order valence-electron chi connectivity index (χ0n) is 16.4. The lowest BCUT2D eigenvalue weighted by Crippen LogP contribution is -2.61. The molecular formula is C21H22N2O6S. The molecule has 0 aromatic heterocycles. The third kappa shape index (κ3) is 3.95. The minimum atomic E-state index is -0.851. The Morgan fingerprint density at radius 3 is 2.80 bits per heavy atom. The van der Waals surface area contributed by atoms with Crippen LogP contribution in [0.3, 0.4) is 0 Å². The Morgan fingerprint density at radius 2 is 2.13 bits per heavy atom. The predicted octanol–water partition coefficient (Wildman–Crippen LogP) is 2.17. The molecule has 0 saturated carbocycles. The lowest BCUT2D eigenvalue weighted by atomic mass is 9.91. The van der Waals surface area contributed by atoms with Gasteiger partial charge in [0.15, 0.2) is 0 Å². The van der Waals surface area contributed by atoms with Crippen molar-refractivity contribution in [3.05, 3.63) is 59.2 Å². The van der Waals surface area contributed by atoms with Crippen molar-refractivity contribution in [1.82, 2.24) is 10.2 Å². The van der Waals surface area contributed by atoms with Gasteiger partial charge in [0.25, 0.3) is 5.91 Å². The Hall–Kier alpha value is -2.78. The lowest BCUT2D eigenvalue weighted by Gasteiger charge is -2.44. The Balaban J connectivity index is 1.43. The summed E-state index contributed by atoms with van der Waals surface area (Å²) < 4.78 is 15.4. The average Bonchev–Trinajstić information content (AvgIpc) is 3.52. The molecule has 1 unspecified atom stereocenters. The van der Waals surface area contributed by atoms with Crippen molar-refractivity contribution in [2.75, 3.05) is 13.2 Å². The van der Waals surface area contributed by atoms with Gasteiger partial charge in [0.2, 0.25) is 5.91 Å². The predicted molar refractivity (Wildman–Crippen MR) is 109 cm³/mol. The number of carbonyl (C=O) groups is 3. The van der Waals surface area contributed by atoms with Gasteiger partial charge in [-0.25, -0.2) is 4.79 Å². The molecular weight excluding hydrogens is 408 g/mol. The minimum absolute atomic E-state index is 0.0327. The fourth-order valence-electron chi connectivity index (χ4n) is 3.48. The maximum atomic E-state index is 12.9. The molecule has 1 aromatic carbocycles. The lowest BCUT2D eigenvalue weighted by molar-refractivity contribution is -0.155. The quantitative estimate of drug-likeness (QED) is 0.292. The Labute approximate surface area is 178 Å². The van der Waals surface area contributed by atoms with Crippen molar-refractivity contribution in [3.8, 4) is 0 Å². The van der Waals surface area contributed by atoms with Crippen LogP contribution in [-0.2, 0) is 30.3 Å². The van der Waals surface area contributed by atoms with Crippen molar-refractivity contribution in [2.24, 2.45) is 5.92 Å². The minimum Gasteiger partial charge on any atom is -0.430 e. The van der Waals surface area contributed by atoms with Gasteiger partial charge in [-0.2, -0.15) is 0 Å². The topological polar surface area (TPSA) is 97.5 Å². The fourth-order valence-corrected chi connectivity index (χ4v) is 5.13. The summed E-state index contributed by atoms with van der Waals surface area (Å²) in [7, 11) is 0. The summed E-state index contributed by atoms with van der Waals surface area (Å²) >= 11 is 1.42. The Kier molecular flexibility index (Phi) is 5.83. The number of epoxide rings is 1. The van der Waals surface area contributed by atoms with Crippen molar-refractivity contribution in [1.29, 1.82) is 0 Å². The third-order valence-electron chi connectivity index (χ3n) is 5.05. The number of ether oxygens (including phenoxy) is 3. The first-order valence-electron chi connectivity index (χ1n) is 9.63. The van der Waals surface area contributed by atoms with Crippen molar-refractivity contribution in [2.45, 2.75) is 31.1 Å². The van der Waals surface area contributed by atoms with Crippen LogP contribution in [0.4, 0.5) is 4.79 Å². The first-order chi connectivity index (χ1) is 14.5. The summed E-state index contributed by atoms with van der Waals surface area (Å²) in [6.45, 7) is 6.03. The van der Waals surface area contributed by atoms with Crippen LogP contribution in [0, 0.1) is 5.92 Å². The van der Waals surface area contributed by atoms with Gasteiger partial charge in [0.1, 0.15) is 35.8 Å². The number of benzene rings is 1. The summed E-state index contributed by atoms with van der Waals surface area (Å²) in [6.07, 6.45) is -0.269. The molecule has 3 aliphatic heterocycles. The van der Waals surface area contributed by atoms with Gasteiger partial charge < -0.3 is 19.5 Å². The molecule has 0 radical (unpaired) electrons. The van der Waals surface area contributed by atoms with E-state index in [1.807, 2.05) is 30.3 Å². The van der Waals surface area contributed by atoms with E-state index in [2.05, 4.69) is 11.9 Å². The molecule has 30 heavy (non-hydrogen) atoms. The summed E-state index contributed by atoms with van der Waals surface area (Å²) in [5.74, 6) is -1.12. The van der Waals surface area contributed by atoms with Gasteiger partial charge in [0, 0.05) is 11.4 Å². The van der Waals surface area contributed by atoms with Crippen LogP contribution in [0.25, 0.3) is 0 Å². The van der Waals surface area contributed by atoms with Gasteiger partial charge in [-0.3, -0.25) is 14.5 Å². The largest absolute Gasteiger partial charge is 0.508 e. The van der Waals surface area contributed by atoms with Gasteiger partial charge in [0.05, 0.1) is 6.61 Å². The van der Waals surface area contributed by atoms with E-state index in [1.54, 1.807) is 6.92 Å². The van der Waals surface area contributed by atoms with Crippen LogP contribution in [-0.4, -0.2) is 53.7 Å². The number of thioether (sulfide) groups is 1. The molecule has 2 fully saturated rings. The second kappa shape index (κ2) is 8.53. The summed E-state index contributed by atoms with van der Waals surface area (Å²) in [5.41, 5.74) is 1.30. The number of hydrogen-bond donors (Lipinski definition) is 1. The average molecular weight is 430 g/mol. The first kappa shape index (κ1) is 20.5. The monoisotopic (exact) mass is 430 g/mol. The van der Waals surface area contributed by atoms with Crippen molar-refractivity contribution < 1.29 is 28.6 Å². The van der Waals surface area contributed by atoms with Crippen molar-refractivity contribution in [3.63, 3.8) is 0 Å². The molecule has 1 aromatic rings. The van der Waals surface area contributed by atoms with Gasteiger partial charge in [-0.05, 0) is 12.5 Å². The first-order valence-corrected chi connectivity index (χ1v) is 10.5. The number of fused-ring (bicyclic) bond motifs is 1. The van der Waals surface area contributed by atoms with E-state index in [1.165, 1.54) is 22.7 Å². The van der Waals surface area contributed by atoms with Crippen LogP contribution in [0.5, 0.6) is 0 Å². The van der Waals surface area contributed by atoms with Crippen LogP contribution in [0.1, 0.15) is 12.5 Å². The maximum absolute atomic E-state index is 12.9. The number of rotatable bonds is 8. The smallest absolute Gasteiger partial charge is 0.430 e. The van der Waals surface area contributed by atoms with Crippen LogP contribution in [0.2, 0.25) is 0 Å². The molecule has 0 spiro atoms. The number of carbonyl (C=O) groups excluding carboxylic acids is 3. The van der Waals surface area contributed by atoms with Gasteiger partial charge in [-0.15, -0.1) is 0 Å². The summed E-state index contributed by atoms with van der Waals surface area (Å²) in [6, 6.07) is 9.54.